The summed E-state index contributed by atoms with van der Waals surface area (Å²) in [5.74, 6) is 0. The molecule has 2 rings (SSSR count). The van der Waals surface area contributed by atoms with Crippen molar-refractivity contribution < 1.29 is 4.52 Å². The first kappa shape index (κ1) is 8.30. The van der Waals surface area contributed by atoms with Crippen molar-refractivity contribution in [2.24, 2.45) is 0 Å². The number of aryl methyl sites for hydroxylation is 3. The molecule has 0 fully saturated rings. The van der Waals surface area contributed by atoms with Crippen molar-refractivity contribution in [3.63, 3.8) is 0 Å². The molecule has 0 aliphatic carbocycles. The van der Waals surface area contributed by atoms with Crippen LogP contribution in [0.25, 0.3) is 11.0 Å². The Hall–Kier alpha value is -1.31. The van der Waals surface area contributed by atoms with Crippen molar-refractivity contribution in [2.75, 3.05) is 0 Å². The largest absolute Gasteiger partial charge is 0.356 e. The first-order chi connectivity index (χ1) is 6.11. The molecule has 2 nitrogen and oxygen atoms in total. The number of aromatic nitrogens is 1. The summed E-state index contributed by atoms with van der Waals surface area (Å²) >= 11 is 0. The highest BCUT2D eigenvalue weighted by atomic mass is 16.5. The fourth-order valence-electron chi connectivity index (χ4n) is 1.73. The zero-order valence-corrected chi connectivity index (χ0v) is 8.43. The molecule has 0 saturated carbocycles. The van der Waals surface area contributed by atoms with Crippen LogP contribution in [0, 0.1) is 27.7 Å². The van der Waals surface area contributed by atoms with E-state index in [4.69, 9.17) is 4.52 Å². The molecule has 0 N–H and O–H groups in total. The second-order valence-corrected chi connectivity index (χ2v) is 3.58. The van der Waals surface area contributed by atoms with Gasteiger partial charge in [0, 0.05) is 5.39 Å². The lowest BCUT2D eigenvalue weighted by Gasteiger charge is -2.04. The molecule has 0 bridgehead atoms. The first-order valence-corrected chi connectivity index (χ1v) is 4.44. The fourth-order valence-corrected chi connectivity index (χ4v) is 1.73. The minimum atomic E-state index is 0.901. The molecule has 0 radical (unpaired) electrons. The molecule has 1 aromatic carbocycles. The topological polar surface area (TPSA) is 26.0 Å². The van der Waals surface area contributed by atoms with E-state index in [2.05, 4.69) is 32.0 Å². The van der Waals surface area contributed by atoms with E-state index >= 15 is 0 Å². The quantitative estimate of drug-likeness (QED) is 0.615. The van der Waals surface area contributed by atoms with Crippen molar-refractivity contribution in [2.45, 2.75) is 27.7 Å². The third-order valence-electron chi connectivity index (χ3n) is 2.77. The first-order valence-electron chi connectivity index (χ1n) is 4.44. The molecule has 1 aromatic heterocycles. The van der Waals surface area contributed by atoms with Crippen LogP contribution in [-0.2, 0) is 0 Å². The molecule has 0 saturated heterocycles. The van der Waals surface area contributed by atoms with Crippen molar-refractivity contribution in [1.29, 1.82) is 0 Å². The normalized spacial score (nSPS) is 11.1. The van der Waals surface area contributed by atoms with Gasteiger partial charge >= 0.3 is 0 Å². The Labute approximate surface area is 77.5 Å². The Balaban J connectivity index is 2.97. The van der Waals surface area contributed by atoms with E-state index in [1.807, 2.05) is 6.92 Å². The average molecular weight is 175 g/mol. The summed E-state index contributed by atoms with van der Waals surface area (Å²) in [5.41, 5.74) is 5.77. The molecule has 0 aliphatic heterocycles. The SMILES string of the molecule is Cc1cc2onc(C)c2c(C)c1C. The second-order valence-electron chi connectivity index (χ2n) is 3.58. The standard InChI is InChI=1S/C11H13NO/c1-6-5-10-11(8(3)7(6)2)9(4)12-13-10/h5H,1-4H3. The van der Waals surface area contributed by atoms with Crippen LogP contribution < -0.4 is 0 Å². The van der Waals surface area contributed by atoms with Crippen LogP contribution in [0.5, 0.6) is 0 Å². The lowest BCUT2D eigenvalue weighted by atomic mass is 10.00. The fraction of sp³-hybridized carbons (Fsp3) is 0.364. The average Bonchev–Trinajstić information content (AvgIpc) is 2.43. The smallest absolute Gasteiger partial charge is 0.167 e. The van der Waals surface area contributed by atoms with E-state index in [-0.39, 0.29) is 0 Å². The molecule has 0 unspecified atom stereocenters. The summed E-state index contributed by atoms with van der Waals surface area (Å²) in [6.07, 6.45) is 0. The van der Waals surface area contributed by atoms with Crippen molar-refractivity contribution in [3.05, 3.63) is 28.5 Å². The van der Waals surface area contributed by atoms with E-state index in [1.165, 1.54) is 22.1 Å². The van der Waals surface area contributed by atoms with Gasteiger partial charge in [-0.1, -0.05) is 5.16 Å². The van der Waals surface area contributed by atoms with Crippen LogP contribution >= 0.6 is 0 Å². The summed E-state index contributed by atoms with van der Waals surface area (Å²) in [6.45, 7) is 8.33. The number of benzene rings is 1. The number of fused-ring (bicyclic) bond motifs is 1. The van der Waals surface area contributed by atoms with Gasteiger partial charge in [-0.05, 0) is 50.5 Å². The Kier molecular flexibility index (Phi) is 1.65. The van der Waals surface area contributed by atoms with Crippen LogP contribution in [0.4, 0.5) is 0 Å². The summed E-state index contributed by atoms with van der Waals surface area (Å²) in [4.78, 5) is 0. The summed E-state index contributed by atoms with van der Waals surface area (Å²) in [5, 5.41) is 5.13. The molecule has 1 heterocycles. The summed E-state index contributed by atoms with van der Waals surface area (Å²) in [7, 11) is 0. The maximum absolute atomic E-state index is 5.22. The van der Waals surface area contributed by atoms with Crippen LogP contribution in [0.3, 0.4) is 0 Å². The van der Waals surface area contributed by atoms with Gasteiger partial charge in [-0.3, -0.25) is 0 Å². The number of rotatable bonds is 0. The predicted molar refractivity (Wildman–Crippen MR) is 53.0 cm³/mol. The molecular formula is C11H13NO. The number of nitrogens with zero attached hydrogens (tertiary/aromatic N) is 1. The maximum atomic E-state index is 5.22. The van der Waals surface area contributed by atoms with Gasteiger partial charge in [0.25, 0.3) is 0 Å². The number of hydrogen-bond donors (Lipinski definition) is 0. The predicted octanol–water partition coefficient (Wildman–Crippen LogP) is 3.06. The molecular weight excluding hydrogens is 162 g/mol. The molecule has 2 heteroatoms. The van der Waals surface area contributed by atoms with E-state index in [9.17, 15) is 0 Å². The lowest BCUT2D eigenvalue weighted by Crippen LogP contribution is -1.87. The van der Waals surface area contributed by atoms with Crippen molar-refractivity contribution >= 4 is 11.0 Å². The zero-order chi connectivity index (χ0) is 9.59. The van der Waals surface area contributed by atoms with Gasteiger partial charge < -0.3 is 4.52 Å². The summed E-state index contributed by atoms with van der Waals surface area (Å²) < 4.78 is 5.22. The van der Waals surface area contributed by atoms with Crippen LogP contribution in [0.1, 0.15) is 22.4 Å². The monoisotopic (exact) mass is 175 g/mol. The lowest BCUT2D eigenvalue weighted by molar-refractivity contribution is 0.450. The zero-order valence-electron chi connectivity index (χ0n) is 8.43. The van der Waals surface area contributed by atoms with E-state index in [0.29, 0.717) is 0 Å². The van der Waals surface area contributed by atoms with Gasteiger partial charge in [0.15, 0.2) is 5.58 Å². The molecule has 0 atom stereocenters. The van der Waals surface area contributed by atoms with E-state index in [0.717, 1.165) is 11.3 Å². The Bertz CT molecular complexity index is 468. The third kappa shape index (κ3) is 1.05. The van der Waals surface area contributed by atoms with Crippen LogP contribution in [-0.4, -0.2) is 5.16 Å². The molecule has 13 heavy (non-hydrogen) atoms. The van der Waals surface area contributed by atoms with Gasteiger partial charge in [0.2, 0.25) is 0 Å². The van der Waals surface area contributed by atoms with E-state index in [1.54, 1.807) is 0 Å². The Morgan fingerprint density at radius 2 is 1.77 bits per heavy atom. The third-order valence-corrected chi connectivity index (χ3v) is 2.77. The molecule has 0 spiro atoms. The Morgan fingerprint density at radius 1 is 1.08 bits per heavy atom. The van der Waals surface area contributed by atoms with Gasteiger partial charge in [-0.25, -0.2) is 0 Å². The summed E-state index contributed by atoms with van der Waals surface area (Å²) in [6, 6.07) is 2.05. The van der Waals surface area contributed by atoms with Gasteiger partial charge in [0.05, 0.1) is 5.69 Å². The van der Waals surface area contributed by atoms with Crippen molar-refractivity contribution in [3.8, 4) is 0 Å². The molecule has 0 aliphatic rings. The van der Waals surface area contributed by atoms with Crippen molar-refractivity contribution in [1.82, 2.24) is 5.16 Å². The highest BCUT2D eigenvalue weighted by Crippen LogP contribution is 2.26. The highest BCUT2D eigenvalue weighted by Gasteiger charge is 2.10. The van der Waals surface area contributed by atoms with E-state index < -0.39 is 0 Å². The van der Waals surface area contributed by atoms with Crippen LogP contribution in [0.2, 0.25) is 0 Å². The Morgan fingerprint density at radius 3 is 2.46 bits per heavy atom. The second kappa shape index (κ2) is 2.59. The van der Waals surface area contributed by atoms with Gasteiger partial charge in [-0.15, -0.1) is 0 Å². The van der Waals surface area contributed by atoms with Gasteiger partial charge in [0.1, 0.15) is 0 Å². The van der Waals surface area contributed by atoms with Gasteiger partial charge in [-0.2, -0.15) is 0 Å². The molecule has 0 amide bonds. The number of hydrogen-bond acceptors (Lipinski definition) is 2. The molecule has 68 valence electrons. The molecule has 2 aromatic rings. The highest BCUT2D eigenvalue weighted by molar-refractivity contribution is 5.84. The minimum Gasteiger partial charge on any atom is -0.356 e. The van der Waals surface area contributed by atoms with Crippen LogP contribution in [0.15, 0.2) is 10.6 Å². The minimum absolute atomic E-state index is 0.901. The maximum Gasteiger partial charge on any atom is 0.167 e.